The van der Waals surface area contributed by atoms with E-state index in [1.54, 1.807) is 50.6 Å². The molecule has 2 aromatic rings. The Hall–Kier alpha value is -2.76. The smallest absolute Gasteiger partial charge is 0.146 e. The molecule has 0 amide bonds. The van der Waals surface area contributed by atoms with Crippen molar-refractivity contribution < 1.29 is 9.47 Å². The molecular weight excluding hydrogens is 256 g/mol. The molecule has 0 heterocycles. The van der Waals surface area contributed by atoms with E-state index in [1.165, 1.54) is 0 Å². The molecule has 0 atom stereocenters. The maximum absolute atomic E-state index is 5.82. The summed E-state index contributed by atoms with van der Waals surface area (Å²) < 4.78 is 10.4. The van der Waals surface area contributed by atoms with Gasteiger partial charge >= 0.3 is 0 Å². The zero-order valence-corrected chi connectivity index (χ0v) is 11.3. The Balaban J connectivity index is 2.34. The van der Waals surface area contributed by atoms with Gasteiger partial charge in [-0.25, -0.2) is 0 Å². The monoisotopic (exact) mass is 272 g/mol. The Kier molecular flexibility index (Phi) is 4.05. The summed E-state index contributed by atoms with van der Waals surface area (Å²) in [5, 5.41) is 8.26. The van der Waals surface area contributed by atoms with E-state index in [-0.39, 0.29) is 0 Å². The molecule has 2 aromatic carbocycles. The normalized spacial score (nSPS) is 10.7. The maximum atomic E-state index is 5.82. The SMILES string of the molecule is COc1ccc(OC)c(N=Nc2ccc(N)cc2N)c1. The predicted molar refractivity (Wildman–Crippen MR) is 79.0 cm³/mol. The van der Waals surface area contributed by atoms with Crippen LogP contribution in [0.5, 0.6) is 11.5 Å². The van der Waals surface area contributed by atoms with Crippen molar-refractivity contribution in [3.05, 3.63) is 36.4 Å². The lowest BCUT2D eigenvalue weighted by atomic mass is 10.2. The predicted octanol–water partition coefficient (Wildman–Crippen LogP) is 3.28. The first-order chi connectivity index (χ1) is 9.63. The van der Waals surface area contributed by atoms with Crippen molar-refractivity contribution in [2.24, 2.45) is 10.2 Å². The van der Waals surface area contributed by atoms with Gasteiger partial charge in [0.2, 0.25) is 0 Å². The number of hydrogen-bond donors (Lipinski definition) is 2. The van der Waals surface area contributed by atoms with E-state index in [0.29, 0.717) is 34.2 Å². The molecule has 4 N–H and O–H groups in total. The maximum Gasteiger partial charge on any atom is 0.146 e. The molecule has 20 heavy (non-hydrogen) atoms. The first-order valence-corrected chi connectivity index (χ1v) is 5.93. The minimum atomic E-state index is 0.468. The molecule has 0 saturated carbocycles. The summed E-state index contributed by atoms with van der Waals surface area (Å²) in [6, 6.07) is 10.3. The fourth-order valence-electron chi connectivity index (χ4n) is 1.65. The van der Waals surface area contributed by atoms with Crippen LogP contribution in [-0.4, -0.2) is 14.2 Å². The van der Waals surface area contributed by atoms with Gasteiger partial charge in [-0.05, 0) is 30.3 Å². The van der Waals surface area contributed by atoms with E-state index >= 15 is 0 Å². The first kappa shape index (κ1) is 13.7. The quantitative estimate of drug-likeness (QED) is 0.659. The number of ether oxygens (including phenoxy) is 2. The lowest BCUT2D eigenvalue weighted by Gasteiger charge is -2.06. The number of nitrogens with two attached hydrogens (primary N) is 2. The van der Waals surface area contributed by atoms with Gasteiger partial charge in [0.25, 0.3) is 0 Å². The van der Waals surface area contributed by atoms with Crippen LogP contribution in [0.4, 0.5) is 22.7 Å². The van der Waals surface area contributed by atoms with E-state index < -0.39 is 0 Å². The Labute approximate surface area is 117 Å². The van der Waals surface area contributed by atoms with Crippen LogP contribution in [0.15, 0.2) is 46.6 Å². The van der Waals surface area contributed by atoms with Gasteiger partial charge in [-0.15, -0.1) is 10.2 Å². The molecular formula is C14H16N4O2. The largest absolute Gasteiger partial charge is 0.497 e. The number of hydrogen-bond acceptors (Lipinski definition) is 6. The van der Waals surface area contributed by atoms with Crippen molar-refractivity contribution >= 4 is 22.7 Å². The van der Waals surface area contributed by atoms with Crippen LogP contribution < -0.4 is 20.9 Å². The summed E-state index contributed by atoms with van der Waals surface area (Å²) >= 11 is 0. The Bertz CT molecular complexity index is 641. The molecule has 6 heteroatoms. The van der Waals surface area contributed by atoms with Crippen molar-refractivity contribution in [1.82, 2.24) is 0 Å². The van der Waals surface area contributed by atoms with Crippen LogP contribution >= 0.6 is 0 Å². The van der Waals surface area contributed by atoms with Crippen LogP contribution in [0, 0.1) is 0 Å². The first-order valence-electron chi connectivity index (χ1n) is 5.93. The van der Waals surface area contributed by atoms with Gasteiger partial charge in [-0.1, -0.05) is 0 Å². The molecule has 0 saturated heterocycles. The van der Waals surface area contributed by atoms with Gasteiger partial charge in [0.15, 0.2) is 0 Å². The van der Waals surface area contributed by atoms with Crippen molar-refractivity contribution in [3.63, 3.8) is 0 Å². The summed E-state index contributed by atoms with van der Waals surface area (Å²) in [7, 11) is 3.15. The van der Waals surface area contributed by atoms with Crippen molar-refractivity contribution in [3.8, 4) is 11.5 Å². The Morgan fingerprint density at radius 2 is 1.60 bits per heavy atom. The summed E-state index contributed by atoms with van der Waals surface area (Å²) in [6.07, 6.45) is 0. The second-order valence-corrected chi connectivity index (χ2v) is 4.06. The zero-order valence-electron chi connectivity index (χ0n) is 11.3. The molecule has 0 bridgehead atoms. The average Bonchev–Trinajstić information content (AvgIpc) is 2.46. The minimum Gasteiger partial charge on any atom is -0.497 e. The third-order valence-corrected chi connectivity index (χ3v) is 2.70. The lowest BCUT2D eigenvalue weighted by molar-refractivity contribution is 0.404. The Morgan fingerprint density at radius 3 is 2.25 bits per heavy atom. The standard InChI is InChI=1S/C14H16N4O2/c1-19-10-4-6-14(20-2)13(8-10)18-17-12-5-3-9(15)7-11(12)16/h3-8H,15-16H2,1-2H3. The highest BCUT2D eigenvalue weighted by molar-refractivity contribution is 5.67. The van der Waals surface area contributed by atoms with Crippen LogP contribution in [0.1, 0.15) is 0 Å². The van der Waals surface area contributed by atoms with Crippen molar-refractivity contribution in [1.29, 1.82) is 0 Å². The molecule has 0 aromatic heterocycles. The van der Waals surface area contributed by atoms with Crippen LogP contribution in [0.25, 0.3) is 0 Å². The minimum absolute atomic E-state index is 0.468. The molecule has 6 nitrogen and oxygen atoms in total. The van der Waals surface area contributed by atoms with E-state index in [1.807, 2.05) is 0 Å². The fraction of sp³-hybridized carbons (Fsp3) is 0.143. The van der Waals surface area contributed by atoms with E-state index in [0.717, 1.165) is 0 Å². The number of anilines is 2. The van der Waals surface area contributed by atoms with Crippen LogP contribution in [0.2, 0.25) is 0 Å². The molecule has 0 unspecified atom stereocenters. The third-order valence-electron chi connectivity index (χ3n) is 2.70. The van der Waals surface area contributed by atoms with E-state index in [4.69, 9.17) is 20.9 Å². The number of nitrogens with zero attached hydrogens (tertiary/aromatic N) is 2. The summed E-state index contributed by atoms with van der Waals surface area (Å²) in [6.45, 7) is 0. The van der Waals surface area contributed by atoms with Gasteiger partial charge in [-0.3, -0.25) is 0 Å². The summed E-state index contributed by atoms with van der Waals surface area (Å²) in [4.78, 5) is 0. The number of methoxy groups -OCH3 is 2. The van der Waals surface area contributed by atoms with Gasteiger partial charge in [0.1, 0.15) is 22.9 Å². The topological polar surface area (TPSA) is 95.2 Å². The van der Waals surface area contributed by atoms with Crippen molar-refractivity contribution in [2.45, 2.75) is 0 Å². The number of azo groups is 1. The molecule has 0 aliphatic rings. The third kappa shape index (κ3) is 2.97. The fourth-order valence-corrected chi connectivity index (χ4v) is 1.65. The summed E-state index contributed by atoms with van der Waals surface area (Å²) in [5.41, 5.74) is 13.6. The number of nitrogen functional groups attached to an aromatic ring is 2. The number of benzene rings is 2. The highest BCUT2D eigenvalue weighted by Crippen LogP contribution is 2.34. The second-order valence-electron chi connectivity index (χ2n) is 4.06. The van der Waals surface area contributed by atoms with E-state index in [2.05, 4.69) is 10.2 Å². The zero-order chi connectivity index (χ0) is 14.5. The van der Waals surface area contributed by atoms with Gasteiger partial charge in [-0.2, -0.15) is 0 Å². The molecule has 2 rings (SSSR count). The average molecular weight is 272 g/mol. The highest BCUT2D eigenvalue weighted by Gasteiger charge is 2.04. The van der Waals surface area contributed by atoms with Crippen molar-refractivity contribution in [2.75, 3.05) is 25.7 Å². The van der Waals surface area contributed by atoms with Gasteiger partial charge < -0.3 is 20.9 Å². The molecule has 0 aliphatic heterocycles. The Morgan fingerprint density at radius 1 is 0.850 bits per heavy atom. The lowest BCUT2D eigenvalue weighted by Crippen LogP contribution is -1.89. The van der Waals surface area contributed by atoms with E-state index in [9.17, 15) is 0 Å². The number of rotatable bonds is 4. The molecule has 0 radical (unpaired) electrons. The van der Waals surface area contributed by atoms with Gasteiger partial charge in [0.05, 0.1) is 19.9 Å². The van der Waals surface area contributed by atoms with Gasteiger partial charge in [0, 0.05) is 11.8 Å². The van der Waals surface area contributed by atoms with Crippen LogP contribution in [0.3, 0.4) is 0 Å². The molecule has 0 spiro atoms. The highest BCUT2D eigenvalue weighted by atomic mass is 16.5. The van der Waals surface area contributed by atoms with Crippen LogP contribution in [-0.2, 0) is 0 Å². The molecule has 0 aliphatic carbocycles. The second kappa shape index (κ2) is 5.92. The molecule has 104 valence electrons. The summed E-state index contributed by atoms with van der Waals surface area (Å²) in [5.74, 6) is 1.27. The molecule has 0 fully saturated rings.